The normalized spacial score (nSPS) is 10.9. The number of rotatable bonds is 4. The lowest BCUT2D eigenvalue weighted by Gasteiger charge is -2.11. The van der Waals surface area contributed by atoms with Gasteiger partial charge in [0.2, 0.25) is 0 Å². The van der Waals surface area contributed by atoms with Crippen molar-refractivity contribution in [2.45, 2.75) is 20.4 Å². The van der Waals surface area contributed by atoms with E-state index in [4.69, 9.17) is 0 Å². The summed E-state index contributed by atoms with van der Waals surface area (Å²) in [5.41, 5.74) is 5.57. The predicted molar refractivity (Wildman–Crippen MR) is 104 cm³/mol. The first-order valence-electron chi connectivity index (χ1n) is 8.64. The van der Waals surface area contributed by atoms with Gasteiger partial charge in [0.15, 0.2) is 0 Å². The standard InChI is InChI=1S/C21H18FN5/c1-13-9-16(15-4-6-17(22)7-5-15)10-19-20(13)24-12-25-21(19)23-11-18-8-3-14(2)26-27-18/h3-10,12H,11H2,1-2H3,(H,23,24,25). The highest BCUT2D eigenvalue weighted by atomic mass is 19.1. The second kappa shape index (κ2) is 7.07. The van der Waals surface area contributed by atoms with Crippen LogP contribution in [0.2, 0.25) is 0 Å². The third-order valence-electron chi connectivity index (χ3n) is 4.40. The largest absolute Gasteiger partial charge is 0.364 e. The number of anilines is 1. The molecule has 6 heteroatoms. The van der Waals surface area contributed by atoms with Gasteiger partial charge in [-0.25, -0.2) is 14.4 Å². The van der Waals surface area contributed by atoms with E-state index in [1.54, 1.807) is 18.5 Å². The molecule has 0 aliphatic heterocycles. The van der Waals surface area contributed by atoms with Crippen LogP contribution < -0.4 is 5.32 Å². The van der Waals surface area contributed by atoms with Crippen molar-refractivity contribution in [3.05, 3.63) is 77.6 Å². The molecule has 134 valence electrons. The van der Waals surface area contributed by atoms with Crippen LogP contribution in [0.4, 0.5) is 10.2 Å². The van der Waals surface area contributed by atoms with Crippen LogP contribution in [-0.2, 0) is 6.54 Å². The highest BCUT2D eigenvalue weighted by Gasteiger charge is 2.10. The number of halogens is 1. The van der Waals surface area contributed by atoms with E-state index < -0.39 is 0 Å². The predicted octanol–water partition coefficient (Wildman–Crippen LogP) is 4.45. The molecule has 5 nitrogen and oxygen atoms in total. The first kappa shape index (κ1) is 17.0. The smallest absolute Gasteiger partial charge is 0.137 e. The third kappa shape index (κ3) is 3.60. The molecule has 0 atom stereocenters. The highest BCUT2D eigenvalue weighted by molar-refractivity contribution is 5.94. The topological polar surface area (TPSA) is 63.6 Å². The Morgan fingerprint density at radius 2 is 1.70 bits per heavy atom. The second-order valence-electron chi connectivity index (χ2n) is 6.44. The van der Waals surface area contributed by atoms with Crippen molar-refractivity contribution in [2.24, 2.45) is 0 Å². The molecule has 0 spiro atoms. The zero-order valence-corrected chi connectivity index (χ0v) is 15.1. The molecule has 2 aromatic heterocycles. The average Bonchev–Trinajstić information content (AvgIpc) is 2.68. The number of hydrogen-bond acceptors (Lipinski definition) is 5. The van der Waals surface area contributed by atoms with E-state index in [1.807, 2.05) is 32.0 Å². The fourth-order valence-electron chi connectivity index (χ4n) is 2.99. The van der Waals surface area contributed by atoms with E-state index in [0.29, 0.717) is 6.54 Å². The molecule has 2 aromatic carbocycles. The number of fused-ring (bicyclic) bond motifs is 1. The van der Waals surface area contributed by atoms with E-state index in [1.165, 1.54) is 12.1 Å². The van der Waals surface area contributed by atoms with Crippen LogP contribution in [0.25, 0.3) is 22.0 Å². The molecule has 1 N–H and O–H groups in total. The Bertz CT molecular complexity index is 1090. The maximum absolute atomic E-state index is 13.2. The van der Waals surface area contributed by atoms with Crippen molar-refractivity contribution >= 4 is 16.7 Å². The fraction of sp³-hybridized carbons (Fsp3) is 0.143. The minimum atomic E-state index is -0.249. The molecule has 0 aliphatic carbocycles. The van der Waals surface area contributed by atoms with E-state index in [2.05, 4.69) is 31.5 Å². The van der Waals surface area contributed by atoms with Gasteiger partial charge in [0.1, 0.15) is 18.0 Å². The number of benzene rings is 2. The summed E-state index contributed by atoms with van der Waals surface area (Å²) < 4.78 is 13.2. The Morgan fingerprint density at radius 1 is 0.889 bits per heavy atom. The minimum Gasteiger partial charge on any atom is -0.364 e. The first-order chi connectivity index (χ1) is 13.1. The lowest BCUT2D eigenvalue weighted by molar-refractivity contribution is 0.628. The zero-order valence-electron chi connectivity index (χ0n) is 15.1. The second-order valence-corrected chi connectivity index (χ2v) is 6.44. The summed E-state index contributed by atoms with van der Waals surface area (Å²) in [7, 11) is 0. The molecule has 0 fully saturated rings. The quantitative estimate of drug-likeness (QED) is 0.583. The van der Waals surface area contributed by atoms with Gasteiger partial charge in [0.25, 0.3) is 0 Å². The number of aryl methyl sites for hydroxylation is 2. The van der Waals surface area contributed by atoms with Gasteiger partial charge in [-0.15, -0.1) is 0 Å². The summed E-state index contributed by atoms with van der Waals surface area (Å²) in [6, 6.07) is 14.4. The Hall–Kier alpha value is -3.41. The molecule has 0 unspecified atom stereocenters. The van der Waals surface area contributed by atoms with Crippen LogP contribution in [0.5, 0.6) is 0 Å². The van der Waals surface area contributed by atoms with E-state index in [-0.39, 0.29) is 5.82 Å². The van der Waals surface area contributed by atoms with Gasteiger partial charge in [-0.1, -0.05) is 12.1 Å². The van der Waals surface area contributed by atoms with Gasteiger partial charge in [0, 0.05) is 5.39 Å². The lowest BCUT2D eigenvalue weighted by atomic mass is 10.0. The Kier molecular flexibility index (Phi) is 4.46. The summed E-state index contributed by atoms with van der Waals surface area (Å²) >= 11 is 0. The van der Waals surface area contributed by atoms with E-state index in [9.17, 15) is 4.39 Å². The summed E-state index contributed by atoms with van der Waals surface area (Å²) in [4.78, 5) is 8.82. The molecule has 0 bridgehead atoms. The first-order valence-corrected chi connectivity index (χ1v) is 8.64. The summed E-state index contributed by atoms with van der Waals surface area (Å²) in [6.45, 7) is 4.43. The van der Waals surface area contributed by atoms with Crippen molar-refractivity contribution in [3.63, 3.8) is 0 Å². The summed E-state index contributed by atoms with van der Waals surface area (Å²) in [5.74, 6) is 0.482. The van der Waals surface area contributed by atoms with Crippen LogP contribution in [0.15, 0.2) is 54.9 Å². The fourth-order valence-corrected chi connectivity index (χ4v) is 2.99. The van der Waals surface area contributed by atoms with Gasteiger partial charge in [-0.3, -0.25) is 0 Å². The molecular weight excluding hydrogens is 341 g/mol. The van der Waals surface area contributed by atoms with Crippen molar-refractivity contribution < 1.29 is 4.39 Å². The molecular formula is C21H18FN5. The molecule has 0 saturated carbocycles. The van der Waals surface area contributed by atoms with Crippen molar-refractivity contribution in [1.82, 2.24) is 20.2 Å². The molecule has 2 heterocycles. The van der Waals surface area contributed by atoms with Gasteiger partial charge in [-0.2, -0.15) is 10.2 Å². The average molecular weight is 359 g/mol. The molecule has 4 rings (SSSR count). The van der Waals surface area contributed by atoms with Crippen molar-refractivity contribution in [3.8, 4) is 11.1 Å². The molecule has 0 aliphatic rings. The monoisotopic (exact) mass is 359 g/mol. The van der Waals surface area contributed by atoms with Gasteiger partial charge in [0.05, 0.1) is 23.4 Å². The molecule has 0 saturated heterocycles. The third-order valence-corrected chi connectivity index (χ3v) is 4.40. The molecule has 4 aromatic rings. The molecule has 0 radical (unpaired) electrons. The molecule has 0 amide bonds. The van der Waals surface area contributed by atoms with Gasteiger partial charge >= 0.3 is 0 Å². The number of nitrogens with zero attached hydrogens (tertiary/aromatic N) is 4. The molecule has 27 heavy (non-hydrogen) atoms. The lowest BCUT2D eigenvalue weighted by Crippen LogP contribution is -2.05. The number of nitrogens with one attached hydrogen (secondary N) is 1. The van der Waals surface area contributed by atoms with Crippen molar-refractivity contribution in [1.29, 1.82) is 0 Å². The van der Waals surface area contributed by atoms with E-state index in [0.717, 1.165) is 44.8 Å². The van der Waals surface area contributed by atoms with Crippen LogP contribution in [0, 0.1) is 19.7 Å². The summed E-state index contributed by atoms with van der Waals surface area (Å²) in [6.07, 6.45) is 1.55. The summed E-state index contributed by atoms with van der Waals surface area (Å²) in [5, 5.41) is 12.5. The number of aromatic nitrogens is 4. The van der Waals surface area contributed by atoms with E-state index >= 15 is 0 Å². The SMILES string of the molecule is Cc1ccc(CNc2ncnc3c(C)cc(-c4ccc(F)cc4)cc23)nn1. The van der Waals surface area contributed by atoms with Crippen LogP contribution in [0.1, 0.15) is 17.0 Å². The van der Waals surface area contributed by atoms with Gasteiger partial charge in [-0.05, 0) is 66.9 Å². The zero-order chi connectivity index (χ0) is 18.8. The maximum Gasteiger partial charge on any atom is 0.137 e. The Morgan fingerprint density at radius 3 is 2.44 bits per heavy atom. The maximum atomic E-state index is 13.2. The van der Waals surface area contributed by atoms with Crippen molar-refractivity contribution in [2.75, 3.05) is 5.32 Å². The number of hydrogen-bond donors (Lipinski definition) is 1. The highest BCUT2D eigenvalue weighted by Crippen LogP contribution is 2.29. The Labute approximate surface area is 156 Å². The van der Waals surface area contributed by atoms with Crippen LogP contribution >= 0.6 is 0 Å². The van der Waals surface area contributed by atoms with Crippen LogP contribution in [0.3, 0.4) is 0 Å². The van der Waals surface area contributed by atoms with Gasteiger partial charge < -0.3 is 5.32 Å². The Balaban J connectivity index is 1.72. The van der Waals surface area contributed by atoms with Crippen LogP contribution in [-0.4, -0.2) is 20.2 Å². The minimum absolute atomic E-state index is 0.249.